The van der Waals surface area contributed by atoms with Crippen LogP contribution in [-0.4, -0.2) is 5.78 Å². The van der Waals surface area contributed by atoms with Gasteiger partial charge < -0.3 is 23.4 Å². The van der Waals surface area contributed by atoms with Crippen LogP contribution in [-0.2, 0) is 5.41 Å². The number of hydrogen-bond donors (Lipinski definition) is 0. The van der Waals surface area contributed by atoms with Crippen molar-refractivity contribution in [3.05, 3.63) is 216 Å². The minimum Gasteiger partial charge on any atom is -0.454 e. The van der Waals surface area contributed by atoms with Crippen LogP contribution in [0.2, 0.25) is 0 Å². The van der Waals surface area contributed by atoms with Gasteiger partial charge in [-0.1, -0.05) is 135 Å². The van der Waals surface area contributed by atoms with Crippen molar-refractivity contribution in [2.24, 2.45) is 0 Å². The van der Waals surface area contributed by atoms with Crippen molar-refractivity contribution in [1.29, 1.82) is 0 Å². The number of para-hydroxylation sites is 6. The predicted octanol–water partition coefficient (Wildman–Crippen LogP) is 16.1. The van der Waals surface area contributed by atoms with Gasteiger partial charge in [0, 0.05) is 49.8 Å². The molecule has 64 heavy (non-hydrogen) atoms. The van der Waals surface area contributed by atoms with E-state index in [1.54, 1.807) is 0 Å². The maximum atomic E-state index is 13.6. The van der Waals surface area contributed by atoms with Crippen LogP contribution < -0.4 is 14.5 Å². The smallest absolute Gasteiger partial charge is 0.193 e. The number of hydrogen-bond acceptors (Lipinski definition) is 6. The fourth-order valence-corrected chi connectivity index (χ4v) is 10.1. The lowest BCUT2D eigenvalue weighted by Crippen LogP contribution is -2.30. The van der Waals surface area contributed by atoms with Crippen LogP contribution in [0.3, 0.4) is 0 Å². The fourth-order valence-electron chi connectivity index (χ4n) is 10.1. The highest BCUT2D eigenvalue weighted by molar-refractivity contribution is 6.15. The first-order valence-corrected chi connectivity index (χ1v) is 21.6. The van der Waals surface area contributed by atoms with Gasteiger partial charge in [0.05, 0.1) is 28.4 Å². The lowest BCUT2D eigenvalue weighted by molar-refractivity contribution is 0.103. The third-order valence-electron chi connectivity index (χ3n) is 13.3. The first-order chi connectivity index (χ1) is 31.4. The summed E-state index contributed by atoms with van der Waals surface area (Å²) >= 11 is 0. The largest absolute Gasteiger partial charge is 0.454 e. The monoisotopic (exact) mass is 826 g/mol. The molecule has 6 nitrogen and oxygen atoms in total. The summed E-state index contributed by atoms with van der Waals surface area (Å²) < 4.78 is 20.2. The van der Waals surface area contributed by atoms with E-state index in [-0.39, 0.29) is 11.2 Å². The molecule has 0 bridgehead atoms. The van der Waals surface area contributed by atoms with E-state index in [2.05, 4.69) is 139 Å². The molecule has 1 aliphatic heterocycles. The van der Waals surface area contributed by atoms with E-state index in [1.807, 2.05) is 78.9 Å². The maximum Gasteiger partial charge on any atom is 0.193 e. The van der Waals surface area contributed by atoms with Gasteiger partial charge in [0.15, 0.2) is 28.4 Å². The van der Waals surface area contributed by atoms with Crippen LogP contribution in [0.1, 0.15) is 40.9 Å². The third kappa shape index (κ3) is 5.29. The van der Waals surface area contributed by atoms with Crippen LogP contribution in [0.15, 0.2) is 203 Å². The standard InChI is InChI=1S/C58H38N2O4/c1-58(2)45-18-6-3-15-43(45)55(61)44-31-27-36(33-46(44)58)35-25-28-37(29-26-35)59-47-19-7-10-24-53(47)62-54-34-38(30-32-48(54)59)60(49-20-11-16-41-39-13-4-8-22-51(39)63-56(41)49)50-21-12-17-42-40-14-5-9-23-52(40)64-57(42)50/h3-34H,1-2H3. The van der Waals surface area contributed by atoms with Gasteiger partial charge in [-0.05, 0) is 89.0 Å². The Hall–Kier alpha value is -8.35. The summed E-state index contributed by atoms with van der Waals surface area (Å²) in [5.41, 5.74) is 14.2. The Bertz CT molecular complexity index is 3610. The van der Waals surface area contributed by atoms with E-state index < -0.39 is 0 Å². The second-order valence-corrected chi connectivity index (χ2v) is 17.2. The van der Waals surface area contributed by atoms with E-state index in [1.165, 1.54) is 0 Å². The number of anilines is 6. The zero-order valence-corrected chi connectivity index (χ0v) is 35.0. The van der Waals surface area contributed by atoms with E-state index in [0.717, 1.165) is 117 Å². The van der Waals surface area contributed by atoms with E-state index >= 15 is 0 Å². The second kappa shape index (κ2) is 13.6. The molecule has 2 aromatic heterocycles. The fraction of sp³-hybridized carbons (Fsp3) is 0.0517. The predicted molar refractivity (Wildman–Crippen MR) is 258 cm³/mol. The molecule has 0 atom stereocenters. The molecule has 0 amide bonds. The van der Waals surface area contributed by atoms with Gasteiger partial charge in [0.1, 0.15) is 11.2 Å². The first kappa shape index (κ1) is 36.3. The molecule has 2 aliphatic rings. The van der Waals surface area contributed by atoms with Crippen molar-refractivity contribution in [2.75, 3.05) is 9.80 Å². The molecule has 9 aromatic carbocycles. The molecule has 1 aliphatic carbocycles. The number of rotatable bonds is 5. The van der Waals surface area contributed by atoms with E-state index in [9.17, 15) is 4.79 Å². The summed E-state index contributed by atoms with van der Waals surface area (Å²) in [5, 5.41) is 4.19. The van der Waals surface area contributed by atoms with Crippen LogP contribution in [0, 0.1) is 0 Å². The molecule has 3 heterocycles. The highest BCUT2D eigenvalue weighted by Crippen LogP contribution is 2.54. The number of fused-ring (bicyclic) bond motifs is 10. The summed E-state index contributed by atoms with van der Waals surface area (Å²) in [7, 11) is 0. The Kier molecular flexibility index (Phi) is 7.70. The van der Waals surface area contributed by atoms with Crippen molar-refractivity contribution in [2.45, 2.75) is 19.3 Å². The Morgan fingerprint density at radius 3 is 1.77 bits per heavy atom. The zero-order chi connectivity index (χ0) is 42.7. The Morgan fingerprint density at radius 2 is 1.05 bits per heavy atom. The number of nitrogens with zero attached hydrogens (tertiary/aromatic N) is 2. The molecule has 0 fully saturated rings. The molecular weight excluding hydrogens is 789 g/mol. The molecule has 13 rings (SSSR count). The summed E-state index contributed by atoms with van der Waals surface area (Å²) in [4.78, 5) is 18.1. The minimum absolute atomic E-state index is 0.0842. The molecule has 6 heteroatoms. The average molecular weight is 827 g/mol. The number of ketones is 1. The molecule has 0 spiro atoms. The number of ether oxygens (including phenoxy) is 1. The van der Waals surface area contributed by atoms with Crippen LogP contribution in [0.5, 0.6) is 11.5 Å². The van der Waals surface area contributed by atoms with Crippen LogP contribution >= 0.6 is 0 Å². The average Bonchev–Trinajstić information content (AvgIpc) is 3.92. The van der Waals surface area contributed by atoms with Crippen molar-refractivity contribution in [3.63, 3.8) is 0 Å². The van der Waals surface area contributed by atoms with Crippen molar-refractivity contribution in [1.82, 2.24) is 0 Å². The molecule has 11 aromatic rings. The second-order valence-electron chi connectivity index (χ2n) is 17.2. The third-order valence-corrected chi connectivity index (χ3v) is 13.3. The van der Waals surface area contributed by atoms with Gasteiger partial charge in [-0.2, -0.15) is 0 Å². The summed E-state index contributed by atoms with van der Waals surface area (Å²) in [5.74, 6) is 1.55. The Morgan fingerprint density at radius 1 is 0.469 bits per heavy atom. The quantitative estimate of drug-likeness (QED) is 0.172. The number of furan rings is 2. The van der Waals surface area contributed by atoms with Gasteiger partial charge >= 0.3 is 0 Å². The summed E-state index contributed by atoms with van der Waals surface area (Å²) in [6.07, 6.45) is 0. The summed E-state index contributed by atoms with van der Waals surface area (Å²) in [6.45, 7) is 4.42. The van der Waals surface area contributed by atoms with Crippen molar-refractivity contribution in [3.8, 4) is 22.6 Å². The SMILES string of the molecule is CC1(C)c2ccccc2C(=O)c2ccc(-c3ccc(N4c5ccccc5Oc5cc(N(c6cccc7c6oc6ccccc67)c6cccc7c6oc6ccccc67)ccc54)cc3)cc21. The normalized spacial score (nSPS) is 13.7. The molecule has 304 valence electrons. The molecule has 0 radical (unpaired) electrons. The number of carbonyl (C=O) groups is 1. The highest BCUT2D eigenvalue weighted by atomic mass is 16.5. The molecule has 0 unspecified atom stereocenters. The maximum absolute atomic E-state index is 13.6. The molecule has 0 saturated heterocycles. The van der Waals surface area contributed by atoms with Crippen LogP contribution in [0.25, 0.3) is 55.0 Å². The van der Waals surface area contributed by atoms with Gasteiger partial charge in [0.2, 0.25) is 0 Å². The molecular formula is C58H38N2O4. The van der Waals surface area contributed by atoms with Crippen LogP contribution in [0.4, 0.5) is 34.1 Å². The number of carbonyl (C=O) groups excluding carboxylic acids is 1. The zero-order valence-electron chi connectivity index (χ0n) is 35.0. The lowest BCUT2D eigenvalue weighted by atomic mass is 9.68. The molecule has 0 N–H and O–H groups in total. The van der Waals surface area contributed by atoms with Gasteiger partial charge in [-0.15, -0.1) is 0 Å². The van der Waals surface area contributed by atoms with Gasteiger partial charge in [0.25, 0.3) is 0 Å². The number of benzene rings is 9. The lowest BCUT2D eigenvalue weighted by Gasteiger charge is -2.35. The van der Waals surface area contributed by atoms with Gasteiger partial charge in [-0.3, -0.25) is 4.79 Å². The van der Waals surface area contributed by atoms with Crippen molar-refractivity contribution < 1.29 is 18.4 Å². The highest BCUT2D eigenvalue weighted by Gasteiger charge is 2.37. The summed E-state index contributed by atoms with van der Waals surface area (Å²) in [6, 6.07) is 66.5. The van der Waals surface area contributed by atoms with E-state index in [4.69, 9.17) is 13.6 Å². The Labute approximate surface area is 368 Å². The van der Waals surface area contributed by atoms with E-state index in [0.29, 0.717) is 5.75 Å². The first-order valence-electron chi connectivity index (χ1n) is 21.6. The van der Waals surface area contributed by atoms with Crippen molar-refractivity contribution >= 4 is 83.8 Å². The Balaban J connectivity index is 0.939. The van der Waals surface area contributed by atoms with Gasteiger partial charge in [-0.25, -0.2) is 0 Å². The topological polar surface area (TPSA) is 59.1 Å². The minimum atomic E-state index is -0.317. The molecule has 0 saturated carbocycles.